The lowest BCUT2D eigenvalue weighted by atomic mass is 10.1. The maximum absolute atomic E-state index is 12.5. The third-order valence-corrected chi connectivity index (χ3v) is 2.96. The Balaban J connectivity index is 1.97. The summed E-state index contributed by atoms with van der Waals surface area (Å²) in [5.41, 5.74) is 1.09. The first-order chi connectivity index (χ1) is 9.47. The highest BCUT2D eigenvalue weighted by Crippen LogP contribution is 2.29. The summed E-state index contributed by atoms with van der Waals surface area (Å²) in [6, 6.07) is 5.11. The standard InChI is InChI=1S/C14H14F3N3/c1-10(20-8-11-6-18-9-19-7-11)12-2-4-13(5-3-12)14(15,16)17/h2-7,9-10,20H,8H2,1H3. The molecule has 106 valence electrons. The van der Waals surface area contributed by atoms with E-state index >= 15 is 0 Å². The largest absolute Gasteiger partial charge is 0.416 e. The molecule has 2 rings (SSSR count). The fourth-order valence-electron chi connectivity index (χ4n) is 1.77. The average molecular weight is 281 g/mol. The number of hydrogen-bond acceptors (Lipinski definition) is 3. The van der Waals surface area contributed by atoms with E-state index < -0.39 is 11.7 Å². The summed E-state index contributed by atoms with van der Waals surface area (Å²) in [5, 5.41) is 3.21. The number of nitrogens with one attached hydrogen (secondary N) is 1. The van der Waals surface area contributed by atoms with Crippen molar-refractivity contribution < 1.29 is 13.2 Å². The molecule has 20 heavy (non-hydrogen) atoms. The van der Waals surface area contributed by atoms with E-state index in [9.17, 15) is 13.2 Å². The first kappa shape index (κ1) is 14.5. The van der Waals surface area contributed by atoms with Crippen LogP contribution in [0, 0.1) is 0 Å². The molecular formula is C14H14F3N3. The molecule has 0 aliphatic rings. The molecular weight excluding hydrogens is 267 g/mol. The highest BCUT2D eigenvalue weighted by atomic mass is 19.4. The molecule has 2 aromatic rings. The predicted octanol–water partition coefficient (Wildman–Crippen LogP) is 3.35. The normalized spacial score (nSPS) is 13.2. The number of aromatic nitrogens is 2. The lowest BCUT2D eigenvalue weighted by Gasteiger charge is -2.15. The quantitative estimate of drug-likeness (QED) is 0.934. The number of rotatable bonds is 4. The molecule has 1 atom stereocenters. The van der Waals surface area contributed by atoms with Crippen LogP contribution in [0.15, 0.2) is 43.0 Å². The molecule has 0 aliphatic heterocycles. The molecule has 1 aromatic carbocycles. The number of benzene rings is 1. The minimum atomic E-state index is -4.30. The van der Waals surface area contributed by atoms with E-state index in [1.807, 2.05) is 6.92 Å². The van der Waals surface area contributed by atoms with Gasteiger partial charge in [-0.15, -0.1) is 0 Å². The monoisotopic (exact) mass is 281 g/mol. The Bertz CT molecular complexity index is 538. The molecule has 0 radical (unpaired) electrons. The van der Waals surface area contributed by atoms with E-state index in [0.29, 0.717) is 6.54 Å². The second-order valence-electron chi connectivity index (χ2n) is 4.47. The summed E-state index contributed by atoms with van der Waals surface area (Å²) >= 11 is 0. The number of nitrogens with zero attached hydrogens (tertiary/aromatic N) is 2. The van der Waals surface area contributed by atoms with Crippen LogP contribution in [0.25, 0.3) is 0 Å². The van der Waals surface area contributed by atoms with Crippen molar-refractivity contribution in [3.63, 3.8) is 0 Å². The van der Waals surface area contributed by atoms with Gasteiger partial charge in [0.2, 0.25) is 0 Å². The molecule has 1 unspecified atom stereocenters. The van der Waals surface area contributed by atoms with Crippen LogP contribution in [0.2, 0.25) is 0 Å². The minimum Gasteiger partial charge on any atom is -0.306 e. The molecule has 1 N–H and O–H groups in total. The van der Waals surface area contributed by atoms with E-state index in [0.717, 1.165) is 23.3 Å². The van der Waals surface area contributed by atoms with Crippen molar-refractivity contribution in [3.05, 3.63) is 59.7 Å². The minimum absolute atomic E-state index is 0.0579. The van der Waals surface area contributed by atoms with Gasteiger partial charge in [-0.1, -0.05) is 12.1 Å². The Kier molecular flexibility index (Phi) is 4.34. The van der Waals surface area contributed by atoms with Crippen LogP contribution in [0.5, 0.6) is 0 Å². The van der Waals surface area contributed by atoms with Crippen molar-refractivity contribution >= 4 is 0 Å². The van der Waals surface area contributed by atoms with Crippen molar-refractivity contribution in [2.24, 2.45) is 0 Å². The van der Waals surface area contributed by atoms with Crippen LogP contribution in [-0.4, -0.2) is 9.97 Å². The average Bonchev–Trinajstić information content (AvgIpc) is 2.45. The van der Waals surface area contributed by atoms with E-state index in [2.05, 4.69) is 15.3 Å². The SMILES string of the molecule is CC(NCc1cncnc1)c1ccc(C(F)(F)F)cc1. The Labute approximate surface area is 114 Å². The van der Waals surface area contributed by atoms with Crippen molar-refractivity contribution in [2.75, 3.05) is 0 Å². The van der Waals surface area contributed by atoms with Crippen molar-refractivity contribution in [1.29, 1.82) is 0 Å². The van der Waals surface area contributed by atoms with E-state index in [4.69, 9.17) is 0 Å². The van der Waals surface area contributed by atoms with Gasteiger partial charge in [-0.25, -0.2) is 9.97 Å². The summed E-state index contributed by atoms with van der Waals surface area (Å²) < 4.78 is 37.4. The second-order valence-corrected chi connectivity index (χ2v) is 4.47. The first-order valence-corrected chi connectivity index (χ1v) is 6.11. The van der Waals surface area contributed by atoms with Crippen molar-refractivity contribution in [1.82, 2.24) is 15.3 Å². The van der Waals surface area contributed by atoms with Crippen LogP contribution in [0.3, 0.4) is 0 Å². The van der Waals surface area contributed by atoms with Gasteiger partial charge in [0.25, 0.3) is 0 Å². The molecule has 0 spiro atoms. The lowest BCUT2D eigenvalue weighted by Crippen LogP contribution is -2.18. The van der Waals surface area contributed by atoms with Crippen LogP contribution in [-0.2, 0) is 12.7 Å². The van der Waals surface area contributed by atoms with Gasteiger partial charge >= 0.3 is 6.18 Å². The predicted molar refractivity (Wildman–Crippen MR) is 68.7 cm³/mol. The Morgan fingerprint density at radius 2 is 1.70 bits per heavy atom. The first-order valence-electron chi connectivity index (χ1n) is 6.11. The van der Waals surface area contributed by atoms with Gasteiger partial charge in [0.05, 0.1) is 5.56 Å². The zero-order valence-electron chi connectivity index (χ0n) is 10.9. The fourth-order valence-corrected chi connectivity index (χ4v) is 1.77. The molecule has 0 aliphatic carbocycles. The fraction of sp³-hybridized carbons (Fsp3) is 0.286. The van der Waals surface area contributed by atoms with Crippen molar-refractivity contribution in [3.8, 4) is 0 Å². The molecule has 1 heterocycles. The van der Waals surface area contributed by atoms with Crippen LogP contribution in [0.4, 0.5) is 13.2 Å². The van der Waals surface area contributed by atoms with E-state index in [-0.39, 0.29) is 6.04 Å². The summed E-state index contributed by atoms with van der Waals surface area (Å²) in [5.74, 6) is 0. The zero-order valence-corrected chi connectivity index (χ0v) is 10.9. The zero-order chi connectivity index (χ0) is 14.6. The van der Waals surface area contributed by atoms with Gasteiger partial charge in [0, 0.05) is 30.5 Å². The maximum atomic E-state index is 12.5. The second kappa shape index (κ2) is 6.00. The van der Waals surface area contributed by atoms with Gasteiger partial charge in [0.15, 0.2) is 0 Å². The Morgan fingerprint density at radius 1 is 1.10 bits per heavy atom. The molecule has 0 bridgehead atoms. The van der Waals surface area contributed by atoms with Gasteiger partial charge in [-0.3, -0.25) is 0 Å². The molecule has 0 fully saturated rings. The third-order valence-electron chi connectivity index (χ3n) is 2.96. The lowest BCUT2D eigenvalue weighted by molar-refractivity contribution is -0.137. The Hall–Kier alpha value is -1.95. The van der Waals surface area contributed by atoms with E-state index in [1.165, 1.54) is 18.5 Å². The highest BCUT2D eigenvalue weighted by Gasteiger charge is 2.30. The smallest absolute Gasteiger partial charge is 0.306 e. The maximum Gasteiger partial charge on any atom is 0.416 e. The van der Waals surface area contributed by atoms with Crippen molar-refractivity contribution in [2.45, 2.75) is 25.7 Å². The van der Waals surface area contributed by atoms with Gasteiger partial charge in [-0.05, 0) is 24.6 Å². The molecule has 0 saturated carbocycles. The summed E-state index contributed by atoms with van der Waals surface area (Å²) in [6.07, 6.45) is 0.540. The number of hydrogen-bond donors (Lipinski definition) is 1. The van der Waals surface area contributed by atoms with Crippen LogP contribution in [0.1, 0.15) is 29.7 Å². The summed E-state index contributed by atoms with van der Waals surface area (Å²) in [4.78, 5) is 7.80. The molecule has 0 saturated heterocycles. The highest BCUT2D eigenvalue weighted by molar-refractivity contribution is 5.26. The topological polar surface area (TPSA) is 37.8 Å². The molecule has 1 aromatic heterocycles. The Morgan fingerprint density at radius 3 is 2.25 bits per heavy atom. The van der Waals surface area contributed by atoms with E-state index in [1.54, 1.807) is 12.4 Å². The number of halogens is 3. The summed E-state index contributed by atoms with van der Waals surface area (Å²) in [6.45, 7) is 2.45. The summed E-state index contributed by atoms with van der Waals surface area (Å²) in [7, 11) is 0. The third kappa shape index (κ3) is 3.77. The number of alkyl halides is 3. The van der Waals surface area contributed by atoms with Crippen LogP contribution < -0.4 is 5.32 Å². The molecule has 3 nitrogen and oxygen atoms in total. The van der Waals surface area contributed by atoms with Gasteiger partial charge in [-0.2, -0.15) is 13.2 Å². The molecule has 0 amide bonds. The van der Waals surface area contributed by atoms with Gasteiger partial charge in [0.1, 0.15) is 6.33 Å². The molecule has 6 heteroatoms. The van der Waals surface area contributed by atoms with Crippen LogP contribution >= 0.6 is 0 Å². The van der Waals surface area contributed by atoms with Gasteiger partial charge < -0.3 is 5.32 Å².